The average molecular weight is 404 g/mol. The first kappa shape index (κ1) is 20.5. The predicted molar refractivity (Wildman–Crippen MR) is 113 cm³/mol. The number of aliphatic imine (C=N–C) groups is 1. The number of guanidine groups is 1. The Labute approximate surface area is 170 Å². The third kappa shape index (κ3) is 4.77. The number of methoxy groups -OCH3 is 1. The first-order valence-electron chi connectivity index (χ1n) is 9.56. The van der Waals surface area contributed by atoms with Crippen molar-refractivity contribution in [2.24, 2.45) is 4.99 Å². The zero-order valence-electron chi connectivity index (χ0n) is 16.9. The lowest BCUT2D eigenvalue weighted by Gasteiger charge is -2.24. The number of rotatable bonds is 7. The van der Waals surface area contributed by atoms with Crippen LogP contribution in [0.4, 0.5) is 0 Å². The number of nitrogens with one attached hydrogen (secondary N) is 2. The molecule has 0 radical (unpaired) electrons. The van der Waals surface area contributed by atoms with Gasteiger partial charge in [0.25, 0.3) is 0 Å². The van der Waals surface area contributed by atoms with E-state index in [-0.39, 0.29) is 6.10 Å². The number of thiophene rings is 1. The molecule has 2 aromatic rings. The molecule has 0 bridgehead atoms. The predicted octanol–water partition coefficient (Wildman–Crippen LogP) is 3.04. The Morgan fingerprint density at radius 2 is 2.25 bits per heavy atom. The standard InChI is InChI=1S/C21H29N3O3S/c1-5-22-20(24-13-21(3,25)17-6-7-28-12-17)23-11-16-10-19-15(8-14(2)27-19)9-18(16)26-4/h6-7,9-10,12,14,25H,5,8,11,13H2,1-4H3,(H2,22,23,24). The van der Waals surface area contributed by atoms with Crippen molar-refractivity contribution in [1.82, 2.24) is 10.6 Å². The molecule has 6 nitrogen and oxygen atoms in total. The van der Waals surface area contributed by atoms with E-state index in [1.165, 1.54) is 5.56 Å². The molecule has 152 valence electrons. The van der Waals surface area contributed by atoms with Crippen molar-refractivity contribution in [3.05, 3.63) is 45.6 Å². The van der Waals surface area contributed by atoms with Gasteiger partial charge >= 0.3 is 0 Å². The largest absolute Gasteiger partial charge is 0.496 e. The molecule has 28 heavy (non-hydrogen) atoms. The number of fused-ring (bicyclic) bond motifs is 1. The van der Waals surface area contributed by atoms with Gasteiger partial charge in [0.15, 0.2) is 5.96 Å². The van der Waals surface area contributed by atoms with Crippen LogP contribution in [0.1, 0.15) is 37.5 Å². The molecule has 7 heteroatoms. The van der Waals surface area contributed by atoms with Crippen LogP contribution in [0.3, 0.4) is 0 Å². The van der Waals surface area contributed by atoms with Crippen molar-refractivity contribution >= 4 is 17.3 Å². The van der Waals surface area contributed by atoms with E-state index in [9.17, 15) is 5.11 Å². The Morgan fingerprint density at radius 3 is 2.93 bits per heavy atom. The lowest BCUT2D eigenvalue weighted by molar-refractivity contribution is 0.0621. The van der Waals surface area contributed by atoms with Gasteiger partial charge in [0, 0.05) is 24.1 Å². The van der Waals surface area contributed by atoms with E-state index in [0.29, 0.717) is 19.0 Å². The van der Waals surface area contributed by atoms with Gasteiger partial charge in [0.2, 0.25) is 0 Å². The van der Waals surface area contributed by atoms with Gasteiger partial charge < -0.3 is 25.2 Å². The van der Waals surface area contributed by atoms with E-state index >= 15 is 0 Å². The molecule has 2 heterocycles. The summed E-state index contributed by atoms with van der Waals surface area (Å²) in [6.07, 6.45) is 1.09. The van der Waals surface area contributed by atoms with Crippen LogP contribution in [0.5, 0.6) is 11.5 Å². The van der Waals surface area contributed by atoms with Crippen molar-refractivity contribution in [3.8, 4) is 11.5 Å². The molecule has 2 atom stereocenters. The number of hydrogen-bond donors (Lipinski definition) is 3. The highest BCUT2D eigenvalue weighted by atomic mass is 32.1. The normalized spacial score (nSPS) is 18.2. The summed E-state index contributed by atoms with van der Waals surface area (Å²) in [5, 5.41) is 21.1. The SMILES string of the molecule is CCNC(=NCc1cc2c(cc1OC)CC(C)O2)NCC(C)(O)c1ccsc1. The second kappa shape index (κ2) is 8.84. The second-order valence-corrected chi connectivity index (χ2v) is 8.02. The fourth-order valence-corrected chi connectivity index (χ4v) is 4.01. The number of hydrogen-bond acceptors (Lipinski definition) is 5. The maximum absolute atomic E-state index is 10.7. The second-order valence-electron chi connectivity index (χ2n) is 7.24. The molecule has 0 aliphatic carbocycles. The van der Waals surface area contributed by atoms with Crippen LogP contribution in [0.2, 0.25) is 0 Å². The molecule has 1 aromatic carbocycles. The van der Waals surface area contributed by atoms with Crippen molar-refractivity contribution in [3.63, 3.8) is 0 Å². The fraction of sp³-hybridized carbons (Fsp3) is 0.476. The topological polar surface area (TPSA) is 75.1 Å². The Bertz CT molecular complexity index is 819. The number of nitrogens with zero attached hydrogens (tertiary/aromatic N) is 1. The van der Waals surface area contributed by atoms with Crippen LogP contribution < -0.4 is 20.1 Å². The van der Waals surface area contributed by atoms with Gasteiger partial charge in [-0.05, 0) is 55.3 Å². The van der Waals surface area contributed by atoms with E-state index in [4.69, 9.17) is 9.47 Å². The molecule has 3 rings (SSSR count). The Balaban J connectivity index is 1.72. The third-order valence-corrected chi connectivity index (χ3v) is 5.48. The molecule has 3 N–H and O–H groups in total. The minimum atomic E-state index is -0.967. The highest BCUT2D eigenvalue weighted by molar-refractivity contribution is 7.08. The number of ether oxygens (including phenoxy) is 2. The Morgan fingerprint density at radius 1 is 1.43 bits per heavy atom. The van der Waals surface area contributed by atoms with E-state index in [0.717, 1.165) is 35.6 Å². The number of benzene rings is 1. The molecular weight excluding hydrogens is 374 g/mol. The van der Waals surface area contributed by atoms with Crippen LogP contribution in [0.25, 0.3) is 0 Å². The Kier molecular flexibility index (Phi) is 6.46. The van der Waals surface area contributed by atoms with Crippen LogP contribution in [-0.4, -0.2) is 37.4 Å². The highest BCUT2D eigenvalue weighted by Crippen LogP contribution is 2.35. The van der Waals surface area contributed by atoms with E-state index in [1.807, 2.05) is 35.9 Å². The summed E-state index contributed by atoms with van der Waals surface area (Å²) in [6, 6.07) is 6.00. The molecule has 0 fully saturated rings. The molecule has 0 amide bonds. The van der Waals surface area contributed by atoms with E-state index < -0.39 is 5.60 Å². The van der Waals surface area contributed by atoms with Gasteiger partial charge in [-0.15, -0.1) is 0 Å². The first-order chi connectivity index (χ1) is 13.4. The van der Waals surface area contributed by atoms with Gasteiger partial charge in [-0.1, -0.05) is 0 Å². The van der Waals surface area contributed by atoms with Crippen molar-refractivity contribution < 1.29 is 14.6 Å². The van der Waals surface area contributed by atoms with Gasteiger partial charge in [-0.2, -0.15) is 11.3 Å². The quantitative estimate of drug-likeness (QED) is 0.489. The minimum absolute atomic E-state index is 0.191. The highest BCUT2D eigenvalue weighted by Gasteiger charge is 2.24. The van der Waals surface area contributed by atoms with Crippen molar-refractivity contribution in [2.75, 3.05) is 20.2 Å². The monoisotopic (exact) mass is 403 g/mol. The van der Waals surface area contributed by atoms with Gasteiger partial charge in [0.05, 0.1) is 20.2 Å². The average Bonchev–Trinajstić information content (AvgIpc) is 3.32. The van der Waals surface area contributed by atoms with Crippen LogP contribution >= 0.6 is 11.3 Å². The minimum Gasteiger partial charge on any atom is -0.496 e. The van der Waals surface area contributed by atoms with Crippen LogP contribution in [0.15, 0.2) is 34.0 Å². The van der Waals surface area contributed by atoms with E-state index in [1.54, 1.807) is 25.4 Å². The lowest BCUT2D eigenvalue weighted by Crippen LogP contribution is -2.44. The fourth-order valence-electron chi connectivity index (χ4n) is 3.23. The first-order valence-corrected chi connectivity index (χ1v) is 10.5. The van der Waals surface area contributed by atoms with Gasteiger partial charge in [-0.25, -0.2) is 4.99 Å². The smallest absolute Gasteiger partial charge is 0.191 e. The third-order valence-electron chi connectivity index (χ3n) is 4.79. The maximum atomic E-state index is 10.7. The summed E-state index contributed by atoms with van der Waals surface area (Å²) in [6.45, 7) is 7.42. The summed E-state index contributed by atoms with van der Waals surface area (Å²) in [5.41, 5.74) is 2.07. The van der Waals surface area contributed by atoms with Crippen LogP contribution in [0, 0.1) is 0 Å². The summed E-state index contributed by atoms with van der Waals surface area (Å²) < 4.78 is 11.4. The molecule has 1 aliphatic rings. The van der Waals surface area contributed by atoms with Gasteiger partial charge in [-0.3, -0.25) is 0 Å². The summed E-state index contributed by atoms with van der Waals surface area (Å²) >= 11 is 1.57. The molecule has 1 aromatic heterocycles. The summed E-state index contributed by atoms with van der Waals surface area (Å²) in [4.78, 5) is 4.67. The lowest BCUT2D eigenvalue weighted by atomic mass is 9.99. The van der Waals surface area contributed by atoms with E-state index in [2.05, 4.69) is 22.5 Å². The van der Waals surface area contributed by atoms with Crippen molar-refractivity contribution in [1.29, 1.82) is 0 Å². The van der Waals surface area contributed by atoms with Crippen molar-refractivity contribution in [2.45, 2.75) is 45.4 Å². The molecular formula is C21H29N3O3S. The molecule has 2 unspecified atom stereocenters. The molecule has 1 aliphatic heterocycles. The summed E-state index contributed by atoms with van der Waals surface area (Å²) in [7, 11) is 1.68. The summed E-state index contributed by atoms with van der Waals surface area (Å²) in [5.74, 6) is 2.38. The maximum Gasteiger partial charge on any atom is 0.191 e. The Hall–Kier alpha value is -2.25. The van der Waals surface area contributed by atoms with Gasteiger partial charge in [0.1, 0.15) is 23.2 Å². The molecule has 0 saturated heterocycles. The number of aliphatic hydroxyl groups is 1. The van der Waals surface area contributed by atoms with Crippen LogP contribution in [-0.2, 0) is 18.6 Å². The molecule has 0 spiro atoms. The molecule has 0 saturated carbocycles. The zero-order chi connectivity index (χ0) is 20.1. The zero-order valence-corrected chi connectivity index (χ0v) is 17.7.